The van der Waals surface area contributed by atoms with Crippen molar-refractivity contribution in [3.63, 3.8) is 0 Å². The van der Waals surface area contributed by atoms with Crippen molar-refractivity contribution < 1.29 is 5.11 Å². The number of hydrogen-bond donors (Lipinski definition) is 2. The maximum atomic E-state index is 9.52. The summed E-state index contributed by atoms with van der Waals surface area (Å²) < 4.78 is 0. The minimum absolute atomic E-state index is 0.0870. The Labute approximate surface area is 120 Å². The van der Waals surface area contributed by atoms with Crippen LogP contribution in [0.3, 0.4) is 0 Å². The van der Waals surface area contributed by atoms with Crippen LogP contribution >= 0.6 is 0 Å². The molecule has 0 heterocycles. The van der Waals surface area contributed by atoms with Gasteiger partial charge in [-0.1, -0.05) is 27.2 Å². The van der Waals surface area contributed by atoms with Crippen molar-refractivity contribution in [3.05, 3.63) is 0 Å². The van der Waals surface area contributed by atoms with Crippen LogP contribution in [0.15, 0.2) is 0 Å². The molecule has 2 N–H and O–H groups in total. The van der Waals surface area contributed by atoms with Gasteiger partial charge in [0.2, 0.25) is 0 Å². The lowest BCUT2D eigenvalue weighted by Gasteiger charge is -2.29. The SMILES string of the molecule is CCCNC(C)(CO)CCCCN(CCC)CCC. The van der Waals surface area contributed by atoms with Crippen LogP contribution in [0.4, 0.5) is 0 Å². The van der Waals surface area contributed by atoms with Crippen LogP contribution in [-0.2, 0) is 0 Å². The van der Waals surface area contributed by atoms with Crippen molar-refractivity contribution in [3.8, 4) is 0 Å². The first-order chi connectivity index (χ1) is 9.11. The fraction of sp³-hybridized carbons (Fsp3) is 1.00. The van der Waals surface area contributed by atoms with Gasteiger partial charge in [-0.3, -0.25) is 0 Å². The summed E-state index contributed by atoms with van der Waals surface area (Å²) in [5.74, 6) is 0. The van der Waals surface area contributed by atoms with Crippen molar-refractivity contribution in [2.45, 2.75) is 71.8 Å². The average Bonchev–Trinajstić information content (AvgIpc) is 2.42. The van der Waals surface area contributed by atoms with Gasteiger partial charge < -0.3 is 15.3 Å². The first kappa shape index (κ1) is 18.9. The Kier molecular flexibility index (Phi) is 11.6. The molecule has 0 saturated carbocycles. The molecular formula is C16H36N2O. The summed E-state index contributed by atoms with van der Waals surface area (Å²) in [4.78, 5) is 2.57. The van der Waals surface area contributed by atoms with Crippen molar-refractivity contribution in [2.75, 3.05) is 32.8 Å². The summed E-state index contributed by atoms with van der Waals surface area (Å²) in [7, 11) is 0. The monoisotopic (exact) mass is 272 g/mol. The fourth-order valence-corrected chi connectivity index (χ4v) is 2.47. The first-order valence-electron chi connectivity index (χ1n) is 8.20. The lowest BCUT2D eigenvalue weighted by Crippen LogP contribution is -2.46. The van der Waals surface area contributed by atoms with Crippen LogP contribution in [0, 0.1) is 0 Å². The van der Waals surface area contributed by atoms with Gasteiger partial charge >= 0.3 is 0 Å². The summed E-state index contributed by atoms with van der Waals surface area (Å²) in [6.07, 6.45) is 7.10. The maximum absolute atomic E-state index is 9.52. The normalized spacial score (nSPS) is 14.8. The van der Waals surface area contributed by atoms with Crippen LogP contribution < -0.4 is 5.32 Å². The van der Waals surface area contributed by atoms with E-state index in [1.807, 2.05) is 0 Å². The minimum atomic E-state index is -0.0870. The number of aliphatic hydroxyl groups excluding tert-OH is 1. The molecule has 3 nitrogen and oxygen atoms in total. The molecule has 1 unspecified atom stereocenters. The molecule has 0 radical (unpaired) electrons. The average molecular weight is 272 g/mol. The van der Waals surface area contributed by atoms with Crippen molar-refractivity contribution in [2.24, 2.45) is 0 Å². The molecule has 0 fully saturated rings. The fourth-order valence-electron chi connectivity index (χ4n) is 2.47. The van der Waals surface area contributed by atoms with E-state index in [4.69, 9.17) is 0 Å². The highest BCUT2D eigenvalue weighted by Crippen LogP contribution is 2.14. The molecule has 0 saturated heterocycles. The van der Waals surface area contributed by atoms with Gasteiger partial charge in [0.15, 0.2) is 0 Å². The summed E-state index contributed by atoms with van der Waals surface area (Å²) in [5, 5.41) is 13.0. The first-order valence-corrected chi connectivity index (χ1v) is 8.20. The van der Waals surface area contributed by atoms with Crippen molar-refractivity contribution in [1.29, 1.82) is 0 Å². The molecule has 0 aromatic heterocycles. The molecule has 0 aromatic rings. The van der Waals surface area contributed by atoms with E-state index in [9.17, 15) is 5.11 Å². The Balaban J connectivity index is 3.85. The van der Waals surface area contributed by atoms with Gasteiger partial charge in [-0.15, -0.1) is 0 Å². The number of unbranched alkanes of at least 4 members (excludes halogenated alkanes) is 1. The Morgan fingerprint density at radius 3 is 2.05 bits per heavy atom. The Morgan fingerprint density at radius 2 is 1.58 bits per heavy atom. The molecule has 0 aromatic carbocycles. The molecular weight excluding hydrogens is 236 g/mol. The van der Waals surface area contributed by atoms with E-state index in [0.717, 1.165) is 19.4 Å². The number of nitrogens with zero attached hydrogens (tertiary/aromatic N) is 1. The van der Waals surface area contributed by atoms with Crippen LogP contribution in [0.2, 0.25) is 0 Å². The van der Waals surface area contributed by atoms with Gasteiger partial charge in [-0.05, 0) is 65.2 Å². The Morgan fingerprint density at radius 1 is 0.947 bits per heavy atom. The zero-order valence-corrected chi connectivity index (χ0v) is 13.7. The van der Waals surface area contributed by atoms with E-state index in [0.29, 0.717) is 0 Å². The molecule has 0 spiro atoms. The highest BCUT2D eigenvalue weighted by molar-refractivity contribution is 4.81. The molecule has 0 bridgehead atoms. The van der Waals surface area contributed by atoms with Gasteiger partial charge in [0.1, 0.15) is 0 Å². The molecule has 3 heteroatoms. The van der Waals surface area contributed by atoms with Gasteiger partial charge in [0.25, 0.3) is 0 Å². The van der Waals surface area contributed by atoms with Gasteiger partial charge in [-0.25, -0.2) is 0 Å². The molecule has 1 atom stereocenters. The van der Waals surface area contributed by atoms with Crippen LogP contribution in [0.1, 0.15) is 66.2 Å². The predicted molar refractivity (Wildman–Crippen MR) is 84.7 cm³/mol. The molecule has 116 valence electrons. The number of rotatable bonds is 13. The Bertz CT molecular complexity index is 193. The van der Waals surface area contributed by atoms with Gasteiger partial charge in [0.05, 0.1) is 6.61 Å². The third-order valence-corrected chi connectivity index (χ3v) is 3.68. The van der Waals surface area contributed by atoms with Gasteiger partial charge in [0, 0.05) is 5.54 Å². The molecule has 19 heavy (non-hydrogen) atoms. The third-order valence-electron chi connectivity index (χ3n) is 3.68. The largest absolute Gasteiger partial charge is 0.394 e. The zero-order valence-electron chi connectivity index (χ0n) is 13.7. The van der Waals surface area contributed by atoms with E-state index >= 15 is 0 Å². The molecule has 0 amide bonds. The summed E-state index contributed by atoms with van der Waals surface area (Å²) in [6.45, 7) is 13.7. The second kappa shape index (κ2) is 11.7. The highest BCUT2D eigenvalue weighted by Gasteiger charge is 2.21. The van der Waals surface area contributed by atoms with E-state index in [2.05, 4.69) is 37.9 Å². The van der Waals surface area contributed by atoms with Crippen LogP contribution in [0.5, 0.6) is 0 Å². The molecule has 0 aliphatic carbocycles. The minimum Gasteiger partial charge on any atom is -0.394 e. The Hall–Kier alpha value is -0.120. The van der Waals surface area contributed by atoms with E-state index in [1.54, 1.807) is 0 Å². The topological polar surface area (TPSA) is 35.5 Å². The zero-order chi connectivity index (χ0) is 14.6. The lowest BCUT2D eigenvalue weighted by molar-refractivity contribution is 0.160. The van der Waals surface area contributed by atoms with E-state index in [-0.39, 0.29) is 12.1 Å². The third kappa shape index (κ3) is 9.42. The quantitative estimate of drug-likeness (QED) is 0.506. The molecule has 0 aliphatic rings. The van der Waals surface area contributed by atoms with E-state index in [1.165, 1.54) is 45.3 Å². The number of nitrogens with one attached hydrogen (secondary N) is 1. The number of hydrogen-bond acceptors (Lipinski definition) is 3. The summed E-state index contributed by atoms with van der Waals surface area (Å²) in [5.41, 5.74) is -0.0870. The molecule has 0 rings (SSSR count). The summed E-state index contributed by atoms with van der Waals surface area (Å²) in [6, 6.07) is 0. The standard InChI is InChI=1S/C16H36N2O/c1-5-11-17-16(4,15-19)10-8-9-14-18(12-6-2)13-7-3/h17,19H,5-15H2,1-4H3. The number of aliphatic hydroxyl groups is 1. The second-order valence-corrected chi connectivity index (χ2v) is 5.94. The molecule has 0 aliphatic heterocycles. The van der Waals surface area contributed by atoms with Crippen molar-refractivity contribution in [1.82, 2.24) is 10.2 Å². The lowest BCUT2D eigenvalue weighted by atomic mass is 9.95. The summed E-state index contributed by atoms with van der Waals surface area (Å²) >= 11 is 0. The van der Waals surface area contributed by atoms with Gasteiger partial charge in [-0.2, -0.15) is 0 Å². The maximum Gasteiger partial charge on any atom is 0.0610 e. The van der Waals surface area contributed by atoms with Crippen LogP contribution in [-0.4, -0.2) is 48.3 Å². The smallest absolute Gasteiger partial charge is 0.0610 e. The van der Waals surface area contributed by atoms with E-state index < -0.39 is 0 Å². The predicted octanol–water partition coefficient (Wildman–Crippen LogP) is 3.03. The second-order valence-electron chi connectivity index (χ2n) is 5.94. The van der Waals surface area contributed by atoms with Crippen molar-refractivity contribution >= 4 is 0 Å². The van der Waals surface area contributed by atoms with Crippen LogP contribution in [0.25, 0.3) is 0 Å². The highest BCUT2D eigenvalue weighted by atomic mass is 16.3.